The van der Waals surface area contributed by atoms with Crippen LogP contribution in [-0.2, 0) is 4.79 Å². The Morgan fingerprint density at radius 1 is 1.07 bits per heavy atom. The van der Waals surface area contributed by atoms with Crippen molar-refractivity contribution in [2.45, 2.75) is 120 Å². The van der Waals surface area contributed by atoms with Crippen LogP contribution in [0.15, 0.2) is 29.5 Å². The number of aliphatic hydroxyl groups is 2. The number of carbonyl (C=O) groups is 1. The van der Waals surface area contributed by atoms with Crippen molar-refractivity contribution in [1.82, 2.24) is 10.2 Å². The largest absolute Gasteiger partial charge is 0.396 e. The maximum absolute atomic E-state index is 12.3. The van der Waals surface area contributed by atoms with Gasteiger partial charge in [-0.1, -0.05) is 72.4 Å². The summed E-state index contributed by atoms with van der Waals surface area (Å²) in [6, 6.07) is 6.64. The van der Waals surface area contributed by atoms with Crippen LogP contribution in [0.25, 0.3) is 0 Å². The van der Waals surface area contributed by atoms with E-state index < -0.39 is 0 Å². The Balaban J connectivity index is 0.000000396. The molecule has 5 unspecified atom stereocenters. The summed E-state index contributed by atoms with van der Waals surface area (Å²) in [6.07, 6.45) is 7.23. The minimum atomic E-state index is -0.330. The SMILES string of the molecule is CC(=O)C(C)(C)C1=C(NCCN2CCN(c3cccc(C)c3C)CC2)CC2C(C)C12.CCC.CCCCCC(O)C(CC)CO. The number of benzene rings is 1. The quantitative estimate of drug-likeness (QED) is 0.185. The van der Waals surface area contributed by atoms with Crippen LogP contribution in [0.3, 0.4) is 0 Å². The van der Waals surface area contributed by atoms with Gasteiger partial charge in [0.15, 0.2) is 0 Å². The Labute approximate surface area is 277 Å². The molecule has 3 aliphatic rings. The van der Waals surface area contributed by atoms with Crippen molar-refractivity contribution in [2.75, 3.05) is 50.8 Å². The Kier molecular flexibility index (Phi) is 16.6. The molecule has 1 heterocycles. The molecule has 6 heteroatoms. The van der Waals surface area contributed by atoms with Crippen molar-refractivity contribution in [3.05, 3.63) is 40.6 Å². The predicted molar refractivity (Wildman–Crippen MR) is 192 cm³/mol. The molecule has 0 radical (unpaired) electrons. The highest BCUT2D eigenvalue weighted by molar-refractivity contribution is 5.85. The zero-order valence-electron chi connectivity index (χ0n) is 30.7. The summed E-state index contributed by atoms with van der Waals surface area (Å²) in [6.45, 7) is 27.7. The second-order valence-electron chi connectivity index (χ2n) is 14.4. The van der Waals surface area contributed by atoms with Crippen LogP contribution in [0, 0.1) is 42.9 Å². The summed E-state index contributed by atoms with van der Waals surface area (Å²) in [5.74, 6) is 2.53. The average molecular weight is 628 g/mol. The van der Waals surface area contributed by atoms with Gasteiger partial charge in [-0.05, 0) is 94.4 Å². The lowest BCUT2D eigenvalue weighted by atomic mass is 9.77. The van der Waals surface area contributed by atoms with Gasteiger partial charge in [-0.3, -0.25) is 9.69 Å². The van der Waals surface area contributed by atoms with Gasteiger partial charge in [-0.2, -0.15) is 0 Å². The molecule has 1 aromatic carbocycles. The molecule has 1 saturated carbocycles. The first-order chi connectivity index (χ1) is 21.4. The Hall–Kier alpha value is -1.89. The van der Waals surface area contributed by atoms with Crippen LogP contribution >= 0.6 is 0 Å². The summed E-state index contributed by atoms with van der Waals surface area (Å²) in [5, 5.41) is 22.2. The molecule has 0 amide bonds. The number of ketones is 1. The van der Waals surface area contributed by atoms with E-state index in [1.54, 1.807) is 6.92 Å². The number of piperazine rings is 1. The third kappa shape index (κ3) is 10.8. The smallest absolute Gasteiger partial charge is 0.139 e. The number of Topliss-reactive ketones (excluding diaryl/α,β-unsaturated/α-hetero) is 1. The van der Waals surface area contributed by atoms with Crippen LogP contribution in [0.1, 0.15) is 111 Å². The molecule has 0 spiro atoms. The second-order valence-corrected chi connectivity index (χ2v) is 14.4. The number of anilines is 1. The first-order valence-electron chi connectivity index (χ1n) is 18.2. The van der Waals surface area contributed by atoms with E-state index in [1.165, 1.54) is 47.3 Å². The van der Waals surface area contributed by atoms with E-state index in [9.17, 15) is 9.90 Å². The number of nitrogens with zero attached hydrogens (tertiary/aromatic N) is 2. The predicted octanol–water partition coefficient (Wildman–Crippen LogP) is 7.53. The van der Waals surface area contributed by atoms with Crippen molar-refractivity contribution >= 4 is 11.5 Å². The van der Waals surface area contributed by atoms with E-state index in [0.717, 1.165) is 76.8 Å². The van der Waals surface area contributed by atoms with Gasteiger partial charge in [0.1, 0.15) is 5.78 Å². The number of hydrogen-bond donors (Lipinski definition) is 3. The van der Waals surface area contributed by atoms with Gasteiger partial charge in [0, 0.05) is 68.6 Å². The number of allylic oxidation sites excluding steroid dienone is 2. The molecule has 6 nitrogen and oxygen atoms in total. The number of aliphatic hydroxyl groups excluding tert-OH is 2. The fourth-order valence-corrected chi connectivity index (χ4v) is 7.05. The highest BCUT2D eigenvalue weighted by atomic mass is 16.3. The van der Waals surface area contributed by atoms with E-state index >= 15 is 0 Å². The third-order valence-electron chi connectivity index (χ3n) is 10.7. The van der Waals surface area contributed by atoms with Gasteiger partial charge in [0.25, 0.3) is 0 Å². The number of fused-ring (bicyclic) bond motifs is 1. The summed E-state index contributed by atoms with van der Waals surface area (Å²) >= 11 is 0. The molecule has 45 heavy (non-hydrogen) atoms. The average Bonchev–Trinajstić information content (AvgIpc) is 3.43. The van der Waals surface area contributed by atoms with Crippen LogP contribution in [-0.4, -0.2) is 72.9 Å². The van der Waals surface area contributed by atoms with Crippen LogP contribution < -0.4 is 10.2 Å². The fraction of sp³-hybridized carbons (Fsp3) is 0.769. The zero-order valence-corrected chi connectivity index (χ0v) is 30.7. The van der Waals surface area contributed by atoms with E-state index in [-0.39, 0.29) is 24.0 Å². The van der Waals surface area contributed by atoms with Crippen LogP contribution in [0.5, 0.6) is 0 Å². The number of aryl methyl sites for hydroxylation is 1. The maximum Gasteiger partial charge on any atom is 0.139 e. The summed E-state index contributed by atoms with van der Waals surface area (Å²) < 4.78 is 0. The molecule has 1 aliphatic heterocycles. The normalized spacial score (nSPS) is 22.5. The molecule has 1 saturated heterocycles. The molecule has 0 aromatic heterocycles. The second kappa shape index (κ2) is 19.1. The van der Waals surface area contributed by atoms with Gasteiger partial charge < -0.3 is 20.4 Å². The first kappa shape index (κ1) is 39.3. The fourth-order valence-electron chi connectivity index (χ4n) is 7.05. The standard InChI is InChI=1S/C26H39N3O.C10H22O2.C3H8/c1-17-8-7-9-23(18(17)2)29-14-12-28(13-15-29)11-10-27-22-16-21-19(3)24(21)25(22)26(5,6)20(4)30;1-3-5-6-7-10(12)9(4-2)8-11;1-3-2/h7-9,19,21,24,27H,10-16H2,1-6H3;9-12H,3-8H2,1-2H3;3H2,1-2H3. The molecule has 0 bridgehead atoms. The van der Waals surface area contributed by atoms with Crippen molar-refractivity contribution in [1.29, 1.82) is 0 Å². The Morgan fingerprint density at radius 3 is 2.27 bits per heavy atom. The molecule has 5 atom stereocenters. The zero-order chi connectivity index (χ0) is 33.7. The lowest BCUT2D eigenvalue weighted by molar-refractivity contribution is -0.123. The molecule has 2 fully saturated rings. The summed E-state index contributed by atoms with van der Waals surface area (Å²) in [4.78, 5) is 17.4. The number of unbranched alkanes of at least 4 members (excludes halogenated alkanes) is 2. The highest BCUT2D eigenvalue weighted by Crippen LogP contribution is 2.63. The lowest BCUT2D eigenvalue weighted by Crippen LogP contribution is -2.48. The van der Waals surface area contributed by atoms with Crippen LogP contribution in [0.4, 0.5) is 5.69 Å². The van der Waals surface area contributed by atoms with Gasteiger partial charge in [-0.25, -0.2) is 0 Å². The van der Waals surface area contributed by atoms with Crippen LogP contribution in [0.2, 0.25) is 0 Å². The van der Waals surface area contributed by atoms with Crippen molar-refractivity contribution in [2.24, 2.45) is 29.1 Å². The maximum atomic E-state index is 12.3. The van der Waals surface area contributed by atoms with Gasteiger partial charge in [0.2, 0.25) is 0 Å². The Bertz CT molecular complexity index is 1060. The molecule has 258 valence electrons. The molecule has 1 aromatic rings. The summed E-state index contributed by atoms with van der Waals surface area (Å²) in [5.41, 5.74) is 6.64. The number of nitrogens with one attached hydrogen (secondary N) is 1. The monoisotopic (exact) mass is 628 g/mol. The molecule has 4 rings (SSSR count). The van der Waals surface area contributed by atoms with E-state index in [2.05, 4.69) is 88.7 Å². The Morgan fingerprint density at radius 2 is 1.71 bits per heavy atom. The van der Waals surface area contributed by atoms with E-state index in [4.69, 9.17) is 5.11 Å². The third-order valence-corrected chi connectivity index (χ3v) is 10.7. The van der Waals surface area contributed by atoms with Gasteiger partial charge >= 0.3 is 0 Å². The lowest BCUT2D eigenvalue weighted by Gasteiger charge is -2.37. The molecular weight excluding hydrogens is 558 g/mol. The molecule has 3 N–H and O–H groups in total. The van der Waals surface area contributed by atoms with Crippen molar-refractivity contribution in [3.63, 3.8) is 0 Å². The minimum absolute atomic E-state index is 0.0851. The topological polar surface area (TPSA) is 76.0 Å². The summed E-state index contributed by atoms with van der Waals surface area (Å²) in [7, 11) is 0. The molecular formula is C39H69N3O3. The van der Waals surface area contributed by atoms with Crippen molar-refractivity contribution < 1.29 is 15.0 Å². The minimum Gasteiger partial charge on any atom is -0.396 e. The molecule has 2 aliphatic carbocycles. The van der Waals surface area contributed by atoms with E-state index in [1.807, 2.05) is 6.92 Å². The van der Waals surface area contributed by atoms with Gasteiger partial charge in [-0.15, -0.1) is 0 Å². The first-order valence-corrected chi connectivity index (χ1v) is 18.2. The number of hydrogen-bond acceptors (Lipinski definition) is 6. The van der Waals surface area contributed by atoms with Gasteiger partial charge in [0.05, 0.1) is 6.10 Å². The number of rotatable bonds is 14. The van der Waals surface area contributed by atoms with Crippen molar-refractivity contribution in [3.8, 4) is 0 Å². The highest BCUT2D eigenvalue weighted by Gasteiger charge is 2.58. The number of carbonyl (C=O) groups excluding carboxylic acids is 1. The van der Waals surface area contributed by atoms with E-state index in [0.29, 0.717) is 11.7 Å².